The Kier molecular flexibility index (Phi) is 7.13. The van der Waals surface area contributed by atoms with Crippen molar-refractivity contribution in [2.24, 2.45) is 0 Å². The summed E-state index contributed by atoms with van der Waals surface area (Å²) in [6.07, 6.45) is 2.60. The molecule has 9 nitrogen and oxygen atoms in total. The Morgan fingerprint density at radius 1 is 1.19 bits per heavy atom. The minimum atomic E-state index is -5.08. The molecule has 1 aliphatic rings. The molecule has 4 rings (SSSR count). The van der Waals surface area contributed by atoms with Crippen LogP contribution in [0.15, 0.2) is 36.9 Å². The number of halogens is 3. The second-order valence-electron chi connectivity index (χ2n) is 7.41. The van der Waals surface area contributed by atoms with E-state index in [2.05, 4.69) is 42.0 Å². The number of aliphatic carboxylic acids is 1. The highest BCUT2D eigenvalue weighted by Gasteiger charge is 2.38. The molecule has 0 radical (unpaired) electrons. The van der Waals surface area contributed by atoms with Crippen molar-refractivity contribution >= 4 is 28.6 Å². The number of hydrogen-bond donors (Lipinski definition) is 2. The molecule has 4 heterocycles. The van der Waals surface area contributed by atoms with Crippen molar-refractivity contribution in [3.8, 4) is 0 Å². The molecule has 0 spiro atoms. The number of alkyl halides is 3. The van der Waals surface area contributed by atoms with Gasteiger partial charge in [0.15, 0.2) is 0 Å². The van der Waals surface area contributed by atoms with E-state index in [0.29, 0.717) is 0 Å². The van der Waals surface area contributed by atoms with Crippen molar-refractivity contribution in [2.75, 3.05) is 50.1 Å². The van der Waals surface area contributed by atoms with Gasteiger partial charge in [-0.05, 0) is 17.7 Å². The fraction of sp³-hybridized carbons (Fsp3) is 0.400. The van der Waals surface area contributed by atoms with Gasteiger partial charge in [-0.1, -0.05) is 0 Å². The largest absolute Gasteiger partial charge is 0.490 e. The van der Waals surface area contributed by atoms with Crippen LogP contribution in [0.5, 0.6) is 0 Å². The van der Waals surface area contributed by atoms with E-state index in [-0.39, 0.29) is 0 Å². The lowest BCUT2D eigenvalue weighted by atomic mass is 10.2. The smallest absolute Gasteiger partial charge is 0.475 e. The molecular weight excluding hydrogens is 427 g/mol. The van der Waals surface area contributed by atoms with Crippen molar-refractivity contribution < 1.29 is 23.1 Å². The lowest BCUT2D eigenvalue weighted by Crippen LogP contribution is -2.46. The number of H-pyrrole nitrogens is 1. The standard InChI is InChI=1S/C18H23N7.C2HF3O2/c1-23(2)18-20-6-4-17(22-18)25-9-7-24(8-10-25)13-14-11-21-16-12-19-5-3-15(14)16;3-2(4,5)1(6)7/h3-6,11-12,21H,7-10,13H2,1-2H3;(H,6,7). The van der Waals surface area contributed by atoms with E-state index in [1.807, 2.05) is 43.7 Å². The monoisotopic (exact) mass is 451 g/mol. The predicted octanol–water partition coefficient (Wildman–Crippen LogP) is 2.37. The summed E-state index contributed by atoms with van der Waals surface area (Å²) in [6, 6.07) is 4.08. The number of carbonyl (C=O) groups is 1. The van der Waals surface area contributed by atoms with Crippen LogP contribution in [0.3, 0.4) is 0 Å². The van der Waals surface area contributed by atoms with Crippen molar-refractivity contribution in [3.05, 3.63) is 42.5 Å². The number of pyridine rings is 1. The van der Waals surface area contributed by atoms with Gasteiger partial charge in [0.2, 0.25) is 5.95 Å². The van der Waals surface area contributed by atoms with Crippen molar-refractivity contribution in [2.45, 2.75) is 12.7 Å². The Bertz CT molecular complexity index is 1050. The Labute approximate surface area is 182 Å². The molecule has 0 aromatic carbocycles. The van der Waals surface area contributed by atoms with Crippen LogP contribution in [0.1, 0.15) is 5.56 Å². The topological polar surface area (TPSA) is 101 Å². The summed E-state index contributed by atoms with van der Waals surface area (Å²) in [5.74, 6) is -0.989. The van der Waals surface area contributed by atoms with Crippen molar-refractivity contribution in [3.63, 3.8) is 0 Å². The highest BCUT2D eigenvalue weighted by Crippen LogP contribution is 2.21. The molecule has 3 aromatic heterocycles. The maximum absolute atomic E-state index is 10.6. The molecule has 0 aliphatic carbocycles. The van der Waals surface area contributed by atoms with Gasteiger partial charge in [0.05, 0.1) is 11.7 Å². The highest BCUT2D eigenvalue weighted by molar-refractivity contribution is 5.82. The molecule has 0 bridgehead atoms. The quantitative estimate of drug-likeness (QED) is 0.624. The number of fused-ring (bicyclic) bond motifs is 1. The molecule has 12 heteroatoms. The molecule has 172 valence electrons. The van der Waals surface area contributed by atoms with E-state index in [0.717, 1.165) is 50.0 Å². The van der Waals surface area contributed by atoms with Gasteiger partial charge in [-0.2, -0.15) is 18.2 Å². The van der Waals surface area contributed by atoms with Crippen LogP contribution in [-0.4, -0.2) is 82.4 Å². The van der Waals surface area contributed by atoms with Gasteiger partial charge in [-0.3, -0.25) is 9.88 Å². The summed E-state index contributed by atoms with van der Waals surface area (Å²) in [5, 5.41) is 8.39. The van der Waals surface area contributed by atoms with E-state index in [4.69, 9.17) is 9.90 Å². The SMILES string of the molecule is CN(C)c1nccc(N2CCN(Cc3c[nH]c4cnccc34)CC2)n1.O=C(O)C(F)(F)F. The molecule has 3 aromatic rings. The minimum Gasteiger partial charge on any atom is -0.475 e. The third kappa shape index (κ3) is 5.84. The fourth-order valence-corrected chi connectivity index (χ4v) is 3.27. The Morgan fingerprint density at radius 3 is 2.50 bits per heavy atom. The molecule has 0 amide bonds. The molecule has 0 atom stereocenters. The van der Waals surface area contributed by atoms with Gasteiger partial charge in [0, 0.05) is 70.8 Å². The van der Waals surface area contributed by atoms with Crippen molar-refractivity contribution in [1.82, 2.24) is 24.8 Å². The van der Waals surface area contributed by atoms with Crippen LogP contribution in [0, 0.1) is 0 Å². The first kappa shape index (κ1) is 23.3. The molecule has 2 N–H and O–H groups in total. The second kappa shape index (κ2) is 9.81. The Morgan fingerprint density at radius 2 is 1.88 bits per heavy atom. The van der Waals surface area contributed by atoms with Gasteiger partial charge < -0.3 is 19.9 Å². The van der Waals surface area contributed by atoms with Crippen LogP contribution >= 0.6 is 0 Å². The zero-order valence-electron chi connectivity index (χ0n) is 17.7. The number of hydrogen-bond acceptors (Lipinski definition) is 7. The van der Waals surface area contributed by atoms with Crippen LogP contribution in [0.4, 0.5) is 24.9 Å². The number of nitrogens with one attached hydrogen (secondary N) is 1. The third-order valence-electron chi connectivity index (χ3n) is 4.93. The second-order valence-corrected chi connectivity index (χ2v) is 7.41. The number of rotatable bonds is 4. The van der Waals surface area contributed by atoms with Gasteiger partial charge in [-0.25, -0.2) is 9.78 Å². The van der Waals surface area contributed by atoms with Gasteiger partial charge in [0.1, 0.15) is 5.82 Å². The van der Waals surface area contributed by atoms with E-state index < -0.39 is 12.1 Å². The predicted molar refractivity (Wildman–Crippen MR) is 114 cm³/mol. The minimum absolute atomic E-state index is 0.757. The number of carboxylic acids is 1. The summed E-state index contributed by atoms with van der Waals surface area (Å²) in [7, 11) is 3.93. The van der Waals surface area contributed by atoms with Crippen LogP contribution in [0.25, 0.3) is 10.9 Å². The molecule has 1 fully saturated rings. The average molecular weight is 451 g/mol. The van der Waals surface area contributed by atoms with Gasteiger partial charge in [0.25, 0.3) is 0 Å². The molecule has 1 saturated heterocycles. The molecule has 32 heavy (non-hydrogen) atoms. The zero-order chi connectivity index (χ0) is 23.3. The first-order valence-electron chi connectivity index (χ1n) is 9.83. The third-order valence-corrected chi connectivity index (χ3v) is 4.93. The van der Waals surface area contributed by atoms with Crippen LogP contribution < -0.4 is 9.80 Å². The number of aromatic amines is 1. The number of carboxylic acid groups (broad SMARTS) is 1. The fourth-order valence-electron chi connectivity index (χ4n) is 3.27. The van der Waals surface area contributed by atoms with E-state index in [1.54, 1.807) is 0 Å². The highest BCUT2D eigenvalue weighted by atomic mass is 19.4. The van der Waals surface area contributed by atoms with Crippen molar-refractivity contribution in [1.29, 1.82) is 0 Å². The average Bonchev–Trinajstić information content (AvgIpc) is 3.17. The summed E-state index contributed by atoms with van der Waals surface area (Å²) < 4.78 is 31.7. The summed E-state index contributed by atoms with van der Waals surface area (Å²) >= 11 is 0. The number of piperazine rings is 1. The first-order valence-corrected chi connectivity index (χ1v) is 9.83. The summed E-state index contributed by atoms with van der Waals surface area (Å²) in [5.41, 5.74) is 2.44. The zero-order valence-corrected chi connectivity index (χ0v) is 17.7. The van der Waals surface area contributed by atoms with E-state index in [1.165, 1.54) is 10.9 Å². The molecule has 0 unspecified atom stereocenters. The Hall–Kier alpha value is -3.41. The normalized spacial score (nSPS) is 14.7. The molecule has 0 saturated carbocycles. The molecule has 1 aliphatic heterocycles. The van der Waals surface area contributed by atoms with E-state index in [9.17, 15) is 13.2 Å². The maximum atomic E-state index is 10.6. The number of nitrogens with zero attached hydrogens (tertiary/aromatic N) is 6. The first-order chi connectivity index (χ1) is 15.1. The summed E-state index contributed by atoms with van der Waals surface area (Å²) in [6.45, 7) is 4.98. The van der Waals surface area contributed by atoms with E-state index >= 15 is 0 Å². The van der Waals surface area contributed by atoms with Gasteiger partial charge in [-0.15, -0.1) is 0 Å². The maximum Gasteiger partial charge on any atom is 0.490 e. The summed E-state index contributed by atoms with van der Waals surface area (Å²) in [4.78, 5) is 32.1. The Balaban J connectivity index is 0.000000360. The van der Waals surface area contributed by atoms with Crippen LogP contribution in [-0.2, 0) is 11.3 Å². The lowest BCUT2D eigenvalue weighted by molar-refractivity contribution is -0.192. The lowest BCUT2D eigenvalue weighted by Gasteiger charge is -2.35. The number of anilines is 2. The number of aromatic nitrogens is 4. The van der Waals surface area contributed by atoms with Crippen LogP contribution in [0.2, 0.25) is 0 Å². The molecular formula is C20H24F3N7O2. The van der Waals surface area contributed by atoms with Gasteiger partial charge >= 0.3 is 12.1 Å².